The number of nitrogens with zero attached hydrogens (tertiary/aromatic N) is 4. The molecule has 1 aliphatic heterocycles. The molecule has 2 heterocycles. The van der Waals surface area contributed by atoms with Crippen LogP contribution < -0.4 is 9.64 Å². The molecule has 1 saturated heterocycles. The standard InChI is InChI=1S/C33H33ClN4O4/c34-26-14-16-28(17-15-26)42-23-27-12-7-19-38(27)33-35-20-29(30(36-33)18-13-24-8-3-1-4-9-24)32(41)37(22-31(39)40)21-25-10-5-2-6-11-25/h1-6,8-11,14-17,20,27H,7,12-13,18-19,21-23H2,(H,39,40)/t27-/m1/s1. The van der Waals surface area contributed by atoms with E-state index in [1.54, 1.807) is 18.3 Å². The van der Waals surface area contributed by atoms with Crippen LogP contribution >= 0.6 is 11.6 Å². The summed E-state index contributed by atoms with van der Waals surface area (Å²) in [4.78, 5) is 38.6. The van der Waals surface area contributed by atoms with E-state index in [1.807, 2.05) is 72.8 Å². The number of carboxylic acid groups (broad SMARTS) is 1. The number of aliphatic carboxylic acids is 1. The number of aryl methyl sites for hydroxylation is 2. The van der Waals surface area contributed by atoms with Crippen LogP contribution in [-0.4, -0.2) is 57.6 Å². The molecule has 1 amide bonds. The van der Waals surface area contributed by atoms with E-state index in [2.05, 4.69) is 9.88 Å². The molecule has 1 aromatic heterocycles. The molecule has 0 spiro atoms. The van der Waals surface area contributed by atoms with E-state index in [1.165, 1.54) is 4.90 Å². The maximum Gasteiger partial charge on any atom is 0.323 e. The van der Waals surface area contributed by atoms with Gasteiger partial charge < -0.3 is 19.6 Å². The fourth-order valence-corrected chi connectivity index (χ4v) is 5.28. The van der Waals surface area contributed by atoms with Crippen LogP contribution in [0, 0.1) is 0 Å². The predicted molar refractivity (Wildman–Crippen MR) is 162 cm³/mol. The average Bonchev–Trinajstić information content (AvgIpc) is 3.48. The first-order valence-corrected chi connectivity index (χ1v) is 14.4. The Labute approximate surface area is 250 Å². The number of amides is 1. The summed E-state index contributed by atoms with van der Waals surface area (Å²) >= 11 is 6.00. The monoisotopic (exact) mass is 584 g/mol. The minimum Gasteiger partial charge on any atom is -0.491 e. The van der Waals surface area contributed by atoms with Gasteiger partial charge in [0.1, 0.15) is 18.9 Å². The van der Waals surface area contributed by atoms with Crippen LogP contribution in [-0.2, 0) is 24.2 Å². The number of hydrogen-bond donors (Lipinski definition) is 1. The first-order chi connectivity index (χ1) is 20.5. The topological polar surface area (TPSA) is 95.9 Å². The smallest absolute Gasteiger partial charge is 0.323 e. The number of hydrogen-bond acceptors (Lipinski definition) is 6. The van der Waals surface area contributed by atoms with Gasteiger partial charge in [0.25, 0.3) is 5.91 Å². The van der Waals surface area contributed by atoms with Crippen molar-refractivity contribution in [2.45, 2.75) is 38.3 Å². The van der Waals surface area contributed by atoms with E-state index in [0.717, 1.165) is 36.3 Å². The molecule has 0 unspecified atom stereocenters. The van der Waals surface area contributed by atoms with Gasteiger partial charge in [0, 0.05) is 24.3 Å². The van der Waals surface area contributed by atoms with Gasteiger partial charge in [-0.05, 0) is 61.1 Å². The Morgan fingerprint density at radius 2 is 1.64 bits per heavy atom. The van der Waals surface area contributed by atoms with Crippen LogP contribution in [0.15, 0.2) is 91.1 Å². The molecular formula is C33H33ClN4O4. The Balaban J connectivity index is 1.40. The molecule has 0 bridgehead atoms. The van der Waals surface area contributed by atoms with Crippen molar-refractivity contribution < 1.29 is 19.4 Å². The van der Waals surface area contributed by atoms with Crippen molar-refractivity contribution in [3.05, 3.63) is 119 Å². The summed E-state index contributed by atoms with van der Waals surface area (Å²) < 4.78 is 6.05. The van der Waals surface area contributed by atoms with Crippen LogP contribution in [0.5, 0.6) is 5.75 Å². The number of carboxylic acids is 1. The maximum absolute atomic E-state index is 13.8. The number of anilines is 1. The van der Waals surface area contributed by atoms with E-state index >= 15 is 0 Å². The van der Waals surface area contributed by atoms with E-state index in [-0.39, 0.29) is 12.6 Å². The molecular weight excluding hydrogens is 552 g/mol. The molecule has 5 rings (SSSR count). The predicted octanol–water partition coefficient (Wildman–Crippen LogP) is 5.69. The molecule has 1 N–H and O–H groups in total. The molecule has 0 aliphatic carbocycles. The minimum atomic E-state index is -1.08. The van der Waals surface area contributed by atoms with Crippen molar-refractivity contribution in [1.29, 1.82) is 0 Å². The molecule has 9 heteroatoms. The average molecular weight is 585 g/mol. The first kappa shape index (κ1) is 29.1. The highest BCUT2D eigenvalue weighted by atomic mass is 35.5. The van der Waals surface area contributed by atoms with E-state index < -0.39 is 18.4 Å². The summed E-state index contributed by atoms with van der Waals surface area (Å²) in [5.41, 5.74) is 2.89. The van der Waals surface area contributed by atoms with E-state index in [4.69, 9.17) is 21.3 Å². The number of aromatic nitrogens is 2. The van der Waals surface area contributed by atoms with Gasteiger partial charge in [0.15, 0.2) is 0 Å². The first-order valence-electron chi connectivity index (χ1n) is 14.1. The highest BCUT2D eigenvalue weighted by Gasteiger charge is 2.29. The molecule has 8 nitrogen and oxygen atoms in total. The number of rotatable bonds is 12. The summed E-state index contributed by atoms with van der Waals surface area (Å²) in [6.45, 7) is 0.986. The molecule has 0 radical (unpaired) electrons. The van der Waals surface area contributed by atoms with Crippen LogP contribution in [0.25, 0.3) is 0 Å². The molecule has 4 aromatic rings. The largest absolute Gasteiger partial charge is 0.491 e. The van der Waals surface area contributed by atoms with Gasteiger partial charge in [-0.1, -0.05) is 72.3 Å². The Hall–Kier alpha value is -4.43. The second-order valence-corrected chi connectivity index (χ2v) is 10.7. The summed E-state index contributed by atoms with van der Waals surface area (Å²) in [5.74, 6) is -0.193. The molecule has 1 fully saturated rings. The summed E-state index contributed by atoms with van der Waals surface area (Å²) in [6, 6.07) is 26.7. The van der Waals surface area contributed by atoms with Crippen molar-refractivity contribution in [2.24, 2.45) is 0 Å². The third kappa shape index (κ3) is 7.64. The maximum atomic E-state index is 13.8. The summed E-state index contributed by atoms with van der Waals surface area (Å²) in [7, 11) is 0. The lowest BCUT2D eigenvalue weighted by Gasteiger charge is -2.26. The van der Waals surface area contributed by atoms with Crippen LogP contribution in [0.4, 0.5) is 5.95 Å². The Morgan fingerprint density at radius 3 is 2.33 bits per heavy atom. The molecule has 0 saturated carbocycles. The Bertz CT molecular complexity index is 1490. The molecule has 42 heavy (non-hydrogen) atoms. The second-order valence-electron chi connectivity index (χ2n) is 10.3. The molecule has 216 valence electrons. The number of benzene rings is 3. The fraction of sp³-hybridized carbons (Fsp3) is 0.273. The summed E-state index contributed by atoms with van der Waals surface area (Å²) in [6.07, 6.45) is 4.65. The van der Waals surface area contributed by atoms with E-state index in [9.17, 15) is 14.7 Å². The van der Waals surface area contributed by atoms with Crippen molar-refractivity contribution in [1.82, 2.24) is 14.9 Å². The number of ether oxygens (including phenoxy) is 1. The number of halogens is 1. The van der Waals surface area contributed by atoms with Gasteiger partial charge in [0.2, 0.25) is 5.95 Å². The minimum absolute atomic E-state index is 0.0748. The molecule has 1 atom stereocenters. The Kier molecular flexibility index (Phi) is 9.66. The Morgan fingerprint density at radius 1 is 0.952 bits per heavy atom. The lowest BCUT2D eigenvalue weighted by atomic mass is 10.0. The SMILES string of the molecule is O=C(O)CN(Cc1ccccc1)C(=O)c1cnc(N2CCC[C@@H]2COc2ccc(Cl)cc2)nc1CCc1ccccc1. The fourth-order valence-electron chi connectivity index (χ4n) is 5.15. The normalized spacial score (nSPS) is 14.5. The van der Waals surface area contributed by atoms with Gasteiger partial charge in [-0.25, -0.2) is 9.97 Å². The van der Waals surface area contributed by atoms with Gasteiger partial charge in [0.05, 0.1) is 17.3 Å². The highest BCUT2D eigenvalue weighted by Crippen LogP contribution is 2.26. The zero-order valence-corrected chi connectivity index (χ0v) is 24.0. The van der Waals surface area contributed by atoms with Crippen LogP contribution in [0.3, 0.4) is 0 Å². The molecule has 3 aromatic carbocycles. The lowest BCUT2D eigenvalue weighted by Crippen LogP contribution is -2.37. The van der Waals surface area contributed by atoms with Gasteiger partial charge >= 0.3 is 5.97 Å². The quantitative estimate of drug-likeness (QED) is 0.228. The third-order valence-corrected chi connectivity index (χ3v) is 7.55. The van der Waals surface area contributed by atoms with Crippen LogP contribution in [0.1, 0.15) is 40.0 Å². The van der Waals surface area contributed by atoms with Crippen molar-refractivity contribution >= 4 is 29.4 Å². The third-order valence-electron chi connectivity index (χ3n) is 7.30. The lowest BCUT2D eigenvalue weighted by molar-refractivity contribution is -0.137. The zero-order chi connectivity index (χ0) is 29.3. The van der Waals surface area contributed by atoms with Crippen LogP contribution in [0.2, 0.25) is 5.02 Å². The molecule has 1 aliphatic rings. The van der Waals surface area contributed by atoms with Crippen molar-refractivity contribution in [3.63, 3.8) is 0 Å². The van der Waals surface area contributed by atoms with E-state index in [0.29, 0.717) is 41.7 Å². The summed E-state index contributed by atoms with van der Waals surface area (Å²) in [5, 5.41) is 10.2. The highest BCUT2D eigenvalue weighted by molar-refractivity contribution is 6.30. The van der Waals surface area contributed by atoms with Crippen molar-refractivity contribution in [2.75, 3.05) is 24.6 Å². The van der Waals surface area contributed by atoms with Gasteiger partial charge in [-0.3, -0.25) is 9.59 Å². The number of carbonyl (C=O) groups excluding carboxylic acids is 1. The number of carbonyl (C=O) groups is 2. The zero-order valence-electron chi connectivity index (χ0n) is 23.2. The van der Waals surface area contributed by atoms with Gasteiger partial charge in [-0.2, -0.15) is 0 Å². The van der Waals surface area contributed by atoms with Crippen molar-refractivity contribution in [3.8, 4) is 5.75 Å². The second kappa shape index (κ2) is 14.0. The van der Waals surface area contributed by atoms with Gasteiger partial charge in [-0.15, -0.1) is 0 Å².